The second kappa shape index (κ2) is 8.28. The SMILES string of the molecule is CCC(=O)OC#CC[C@@H](C)[C@H]1CC[C@H]2[C@@H]3CCC4CCCC[C@]4(C)[C@H]3CC[C@]12C. The maximum absolute atomic E-state index is 11.3. The number of rotatable bonds is 3. The molecule has 2 nitrogen and oxygen atoms in total. The molecule has 0 aromatic heterocycles. The van der Waals surface area contributed by atoms with Gasteiger partial charge in [-0.25, -0.2) is 0 Å². The average Bonchev–Trinajstić information content (AvgIpc) is 3.07. The summed E-state index contributed by atoms with van der Waals surface area (Å²) in [5.41, 5.74) is 1.14. The monoisotopic (exact) mass is 398 g/mol. The summed E-state index contributed by atoms with van der Waals surface area (Å²) < 4.78 is 4.97. The van der Waals surface area contributed by atoms with Crippen molar-refractivity contribution in [2.75, 3.05) is 0 Å². The molecule has 4 rings (SSSR count). The summed E-state index contributed by atoms with van der Waals surface area (Å²) >= 11 is 0. The molecule has 1 unspecified atom stereocenters. The zero-order chi connectivity index (χ0) is 20.6. The molecule has 0 bridgehead atoms. The van der Waals surface area contributed by atoms with Gasteiger partial charge in [-0.1, -0.05) is 46.5 Å². The van der Waals surface area contributed by atoms with Gasteiger partial charge in [0, 0.05) is 12.8 Å². The normalized spacial score (nSPS) is 44.5. The third-order valence-electron chi connectivity index (χ3n) is 10.3. The summed E-state index contributed by atoms with van der Waals surface area (Å²) in [6.45, 7) is 9.50. The fourth-order valence-corrected chi connectivity index (χ4v) is 8.78. The Morgan fingerprint density at radius 2 is 1.79 bits per heavy atom. The topological polar surface area (TPSA) is 26.3 Å². The van der Waals surface area contributed by atoms with Crippen LogP contribution in [-0.4, -0.2) is 5.97 Å². The van der Waals surface area contributed by atoms with Crippen LogP contribution in [0.1, 0.15) is 105 Å². The van der Waals surface area contributed by atoms with Crippen LogP contribution < -0.4 is 0 Å². The molecular formula is C27H42O2. The predicted molar refractivity (Wildman–Crippen MR) is 118 cm³/mol. The summed E-state index contributed by atoms with van der Waals surface area (Å²) in [5, 5.41) is 0. The lowest BCUT2D eigenvalue weighted by atomic mass is 9.44. The van der Waals surface area contributed by atoms with Gasteiger partial charge in [-0.05, 0) is 97.7 Å². The van der Waals surface area contributed by atoms with Crippen LogP contribution in [-0.2, 0) is 9.53 Å². The summed E-state index contributed by atoms with van der Waals surface area (Å²) in [6, 6.07) is 0. The molecule has 0 spiro atoms. The molecule has 2 heteroatoms. The van der Waals surface area contributed by atoms with E-state index in [-0.39, 0.29) is 5.97 Å². The Balaban J connectivity index is 1.44. The molecule has 4 saturated carbocycles. The fraction of sp³-hybridized carbons (Fsp3) is 0.889. The van der Waals surface area contributed by atoms with Crippen molar-refractivity contribution in [2.45, 2.75) is 105 Å². The minimum atomic E-state index is -0.219. The molecule has 0 radical (unpaired) electrons. The first kappa shape index (κ1) is 21.3. The van der Waals surface area contributed by atoms with Crippen molar-refractivity contribution in [2.24, 2.45) is 46.3 Å². The number of esters is 1. The van der Waals surface area contributed by atoms with E-state index < -0.39 is 0 Å². The van der Waals surface area contributed by atoms with Gasteiger partial charge in [0.2, 0.25) is 0 Å². The van der Waals surface area contributed by atoms with Gasteiger partial charge in [-0.2, -0.15) is 0 Å². The molecule has 4 aliphatic carbocycles. The minimum Gasteiger partial charge on any atom is -0.372 e. The number of fused-ring (bicyclic) bond motifs is 5. The van der Waals surface area contributed by atoms with Crippen molar-refractivity contribution in [3.63, 3.8) is 0 Å². The molecule has 0 N–H and O–H groups in total. The van der Waals surface area contributed by atoms with E-state index in [0.29, 0.717) is 23.2 Å². The Labute approximate surface area is 178 Å². The largest absolute Gasteiger partial charge is 0.372 e. The predicted octanol–water partition coefficient (Wildman–Crippen LogP) is 6.98. The summed E-state index contributed by atoms with van der Waals surface area (Å²) in [7, 11) is 0. The van der Waals surface area contributed by atoms with Gasteiger partial charge in [0.25, 0.3) is 0 Å². The quantitative estimate of drug-likeness (QED) is 0.379. The van der Waals surface area contributed by atoms with E-state index in [1.807, 2.05) is 6.92 Å². The number of hydrogen-bond acceptors (Lipinski definition) is 2. The van der Waals surface area contributed by atoms with Gasteiger partial charge in [0.05, 0.1) is 0 Å². The van der Waals surface area contributed by atoms with E-state index in [4.69, 9.17) is 4.74 Å². The second-order valence-electron chi connectivity index (χ2n) is 11.4. The van der Waals surface area contributed by atoms with Crippen LogP contribution in [0.25, 0.3) is 0 Å². The lowest BCUT2D eigenvalue weighted by molar-refractivity contribution is -0.136. The Morgan fingerprint density at radius 3 is 2.59 bits per heavy atom. The van der Waals surface area contributed by atoms with E-state index in [1.54, 1.807) is 0 Å². The minimum absolute atomic E-state index is 0.219. The summed E-state index contributed by atoms with van der Waals surface area (Å²) in [6.07, 6.45) is 18.6. The van der Waals surface area contributed by atoms with Crippen LogP contribution in [0.5, 0.6) is 0 Å². The Bertz CT molecular complexity index is 672. The summed E-state index contributed by atoms with van der Waals surface area (Å²) in [5.74, 6) is 8.20. The van der Waals surface area contributed by atoms with Crippen LogP contribution in [0.15, 0.2) is 0 Å². The molecule has 4 fully saturated rings. The lowest BCUT2D eigenvalue weighted by Crippen LogP contribution is -2.53. The fourth-order valence-electron chi connectivity index (χ4n) is 8.78. The Kier molecular flexibility index (Phi) is 6.07. The van der Waals surface area contributed by atoms with E-state index in [9.17, 15) is 4.79 Å². The van der Waals surface area contributed by atoms with Gasteiger partial charge in [0.15, 0.2) is 0 Å². The van der Waals surface area contributed by atoms with Gasteiger partial charge >= 0.3 is 5.97 Å². The van der Waals surface area contributed by atoms with E-state index in [0.717, 1.165) is 36.0 Å². The average molecular weight is 399 g/mol. The molecule has 0 aromatic rings. The number of ether oxygens (including phenoxy) is 1. The molecule has 0 amide bonds. The van der Waals surface area contributed by atoms with Crippen molar-refractivity contribution < 1.29 is 9.53 Å². The molecule has 8 atom stereocenters. The molecule has 0 heterocycles. The first-order valence-corrected chi connectivity index (χ1v) is 12.6. The van der Waals surface area contributed by atoms with Crippen LogP contribution >= 0.6 is 0 Å². The van der Waals surface area contributed by atoms with E-state index in [1.165, 1.54) is 64.2 Å². The van der Waals surface area contributed by atoms with Crippen molar-refractivity contribution in [1.82, 2.24) is 0 Å². The third-order valence-corrected chi connectivity index (χ3v) is 10.3. The van der Waals surface area contributed by atoms with Crippen LogP contribution in [0, 0.1) is 58.4 Å². The highest BCUT2D eigenvalue weighted by Gasteiger charge is 2.60. The van der Waals surface area contributed by atoms with Crippen molar-refractivity contribution in [3.05, 3.63) is 0 Å². The third kappa shape index (κ3) is 3.66. The zero-order valence-electron chi connectivity index (χ0n) is 19.3. The highest BCUT2D eigenvalue weighted by Crippen LogP contribution is 2.68. The zero-order valence-corrected chi connectivity index (χ0v) is 19.3. The standard InChI is InChI=1S/C27H42O2/c1-5-25(28)29-18-8-9-19(2)22-13-14-23-21-12-11-20-10-6-7-16-26(20,3)24(21)15-17-27(22,23)4/h19-24H,5-7,9-17H2,1-4H3/t19-,20?,21+,22-,23+,24+,26+,27-/m1/s1. The van der Waals surface area contributed by atoms with Crippen LogP contribution in [0.2, 0.25) is 0 Å². The van der Waals surface area contributed by atoms with Gasteiger partial charge < -0.3 is 4.74 Å². The number of carbonyl (C=O) groups is 1. The highest BCUT2D eigenvalue weighted by molar-refractivity contribution is 5.70. The highest BCUT2D eigenvalue weighted by atomic mass is 16.5. The maximum Gasteiger partial charge on any atom is 0.319 e. The van der Waals surface area contributed by atoms with Crippen molar-refractivity contribution in [1.29, 1.82) is 0 Å². The second-order valence-corrected chi connectivity index (χ2v) is 11.4. The van der Waals surface area contributed by atoms with Gasteiger partial charge in [0.1, 0.15) is 6.11 Å². The Hall–Kier alpha value is -0.970. The molecule has 162 valence electrons. The van der Waals surface area contributed by atoms with E-state index >= 15 is 0 Å². The molecular weight excluding hydrogens is 356 g/mol. The molecule has 0 aromatic carbocycles. The number of hydrogen-bond donors (Lipinski definition) is 0. The number of carbonyl (C=O) groups excluding carboxylic acids is 1. The van der Waals surface area contributed by atoms with Crippen LogP contribution in [0.3, 0.4) is 0 Å². The molecule has 0 aliphatic heterocycles. The lowest BCUT2D eigenvalue weighted by Gasteiger charge is -2.60. The van der Waals surface area contributed by atoms with Gasteiger partial charge in [-0.15, -0.1) is 0 Å². The molecule has 29 heavy (non-hydrogen) atoms. The first-order chi connectivity index (χ1) is 13.9. The van der Waals surface area contributed by atoms with Crippen molar-refractivity contribution >= 4 is 5.97 Å². The first-order valence-electron chi connectivity index (χ1n) is 12.6. The van der Waals surface area contributed by atoms with Crippen LogP contribution in [0.4, 0.5) is 0 Å². The van der Waals surface area contributed by atoms with Gasteiger partial charge in [-0.3, -0.25) is 4.79 Å². The molecule has 4 aliphatic rings. The smallest absolute Gasteiger partial charge is 0.319 e. The molecule has 0 saturated heterocycles. The van der Waals surface area contributed by atoms with E-state index in [2.05, 4.69) is 32.8 Å². The maximum atomic E-state index is 11.3. The Morgan fingerprint density at radius 1 is 1.00 bits per heavy atom. The summed E-state index contributed by atoms with van der Waals surface area (Å²) in [4.78, 5) is 11.3. The van der Waals surface area contributed by atoms with Crippen molar-refractivity contribution in [3.8, 4) is 12.0 Å².